The molecular formula is C19H21FN2O3. The standard InChI is InChI=1S/C19H21FN2O3/c1-3-24-15-10-13(20)7-8-14(15)22-18-12-6-5-11(9-12)16(18)17(21-22)19(23)25-4-2/h7-8,10-12H,3-6,9H2,1-2H3. The zero-order chi connectivity index (χ0) is 17.6. The molecule has 2 unspecified atom stereocenters. The van der Waals surface area contributed by atoms with E-state index in [0.29, 0.717) is 42.2 Å². The Bertz CT molecular complexity index is 830. The van der Waals surface area contributed by atoms with Crippen molar-refractivity contribution in [1.82, 2.24) is 9.78 Å². The van der Waals surface area contributed by atoms with Gasteiger partial charge in [-0.2, -0.15) is 5.10 Å². The average molecular weight is 344 g/mol. The van der Waals surface area contributed by atoms with Gasteiger partial charge in [0.1, 0.15) is 17.3 Å². The SMILES string of the molecule is CCOC(=O)c1nn(-c2ccc(F)cc2OCC)c2c1C1CCC2C1. The fourth-order valence-corrected chi connectivity index (χ4v) is 4.20. The quantitative estimate of drug-likeness (QED) is 0.771. The second kappa shape index (κ2) is 6.17. The monoisotopic (exact) mass is 344 g/mol. The fraction of sp³-hybridized carbons (Fsp3) is 0.474. The summed E-state index contributed by atoms with van der Waals surface area (Å²) in [6.45, 7) is 4.38. The Labute approximate surface area is 145 Å². The fourth-order valence-electron chi connectivity index (χ4n) is 4.20. The number of halogens is 1. The van der Waals surface area contributed by atoms with Crippen LogP contribution < -0.4 is 4.74 Å². The number of hydrogen-bond donors (Lipinski definition) is 0. The van der Waals surface area contributed by atoms with Gasteiger partial charge in [-0.05, 0) is 51.2 Å². The van der Waals surface area contributed by atoms with Gasteiger partial charge in [0, 0.05) is 17.5 Å². The third-order valence-electron chi connectivity index (χ3n) is 5.11. The zero-order valence-electron chi connectivity index (χ0n) is 14.4. The lowest BCUT2D eigenvalue weighted by Gasteiger charge is -2.16. The van der Waals surface area contributed by atoms with E-state index in [-0.39, 0.29) is 11.8 Å². The molecule has 25 heavy (non-hydrogen) atoms. The van der Waals surface area contributed by atoms with Crippen molar-refractivity contribution < 1.29 is 18.7 Å². The number of rotatable bonds is 5. The van der Waals surface area contributed by atoms with Gasteiger partial charge in [0.15, 0.2) is 5.69 Å². The van der Waals surface area contributed by atoms with Crippen LogP contribution in [0, 0.1) is 5.82 Å². The van der Waals surface area contributed by atoms with Crippen LogP contribution in [0.25, 0.3) is 5.69 Å². The summed E-state index contributed by atoms with van der Waals surface area (Å²) in [5.41, 5.74) is 3.15. The Hall–Kier alpha value is -2.37. The van der Waals surface area contributed by atoms with Crippen molar-refractivity contribution in [3.05, 3.63) is 41.0 Å². The molecule has 1 fully saturated rings. The van der Waals surface area contributed by atoms with E-state index in [1.807, 2.05) is 6.92 Å². The first-order chi connectivity index (χ1) is 12.1. The van der Waals surface area contributed by atoms with Gasteiger partial charge >= 0.3 is 5.97 Å². The Morgan fingerprint density at radius 1 is 1.28 bits per heavy atom. The molecule has 1 aromatic carbocycles. The lowest BCUT2D eigenvalue weighted by molar-refractivity contribution is 0.0517. The van der Waals surface area contributed by atoms with Gasteiger partial charge in [0.05, 0.1) is 18.9 Å². The molecule has 1 heterocycles. The van der Waals surface area contributed by atoms with Crippen molar-refractivity contribution >= 4 is 5.97 Å². The third kappa shape index (κ3) is 2.51. The second-order valence-electron chi connectivity index (χ2n) is 6.53. The molecule has 6 heteroatoms. The van der Waals surface area contributed by atoms with E-state index in [4.69, 9.17) is 9.47 Å². The average Bonchev–Trinajstić information content (AvgIpc) is 3.28. The van der Waals surface area contributed by atoms with E-state index < -0.39 is 0 Å². The largest absolute Gasteiger partial charge is 0.492 e. The smallest absolute Gasteiger partial charge is 0.359 e. The maximum absolute atomic E-state index is 13.7. The molecular weight excluding hydrogens is 323 g/mol. The van der Waals surface area contributed by atoms with Crippen molar-refractivity contribution in [3.8, 4) is 11.4 Å². The normalized spacial score (nSPS) is 20.6. The Morgan fingerprint density at radius 2 is 2.08 bits per heavy atom. The van der Waals surface area contributed by atoms with Crippen molar-refractivity contribution in [3.63, 3.8) is 0 Å². The van der Waals surface area contributed by atoms with Crippen LogP contribution in [0.15, 0.2) is 18.2 Å². The first-order valence-corrected chi connectivity index (χ1v) is 8.86. The molecule has 0 amide bonds. The summed E-state index contributed by atoms with van der Waals surface area (Å²) in [5.74, 6) is 0.443. The van der Waals surface area contributed by atoms with Crippen molar-refractivity contribution in [2.45, 2.75) is 44.9 Å². The maximum atomic E-state index is 13.7. The van der Waals surface area contributed by atoms with Gasteiger partial charge in [0.2, 0.25) is 0 Å². The summed E-state index contributed by atoms with van der Waals surface area (Å²) >= 11 is 0. The van der Waals surface area contributed by atoms with Crippen LogP contribution in [0.5, 0.6) is 5.75 Å². The highest BCUT2D eigenvalue weighted by Crippen LogP contribution is 2.55. The molecule has 2 atom stereocenters. The third-order valence-corrected chi connectivity index (χ3v) is 5.11. The molecule has 1 saturated carbocycles. The minimum atomic E-state index is -0.384. The molecule has 0 radical (unpaired) electrons. The lowest BCUT2D eigenvalue weighted by Crippen LogP contribution is -2.10. The van der Waals surface area contributed by atoms with Crippen molar-refractivity contribution in [2.24, 2.45) is 0 Å². The van der Waals surface area contributed by atoms with E-state index in [1.165, 1.54) is 12.1 Å². The van der Waals surface area contributed by atoms with Crippen LogP contribution in [-0.4, -0.2) is 29.0 Å². The molecule has 0 spiro atoms. The number of esters is 1. The minimum absolute atomic E-state index is 0.315. The molecule has 2 aliphatic rings. The van der Waals surface area contributed by atoms with Crippen LogP contribution in [-0.2, 0) is 4.74 Å². The van der Waals surface area contributed by atoms with Crippen LogP contribution >= 0.6 is 0 Å². The van der Waals surface area contributed by atoms with Crippen LogP contribution in [0.1, 0.15) is 66.7 Å². The summed E-state index contributed by atoms with van der Waals surface area (Å²) in [6, 6.07) is 4.42. The molecule has 4 rings (SSSR count). The van der Waals surface area contributed by atoms with Crippen LogP contribution in [0.4, 0.5) is 4.39 Å². The van der Waals surface area contributed by atoms with Gasteiger partial charge in [0.25, 0.3) is 0 Å². The van der Waals surface area contributed by atoms with E-state index in [0.717, 1.165) is 30.5 Å². The van der Waals surface area contributed by atoms with E-state index >= 15 is 0 Å². The predicted molar refractivity (Wildman–Crippen MR) is 90.0 cm³/mol. The summed E-state index contributed by atoms with van der Waals surface area (Å²) in [6.07, 6.45) is 3.22. The molecule has 0 saturated heterocycles. The Balaban J connectivity index is 1.88. The Morgan fingerprint density at radius 3 is 2.84 bits per heavy atom. The Kier molecular flexibility index (Phi) is 3.98. The number of fused-ring (bicyclic) bond motifs is 5. The first-order valence-electron chi connectivity index (χ1n) is 8.86. The number of benzene rings is 1. The highest BCUT2D eigenvalue weighted by atomic mass is 19.1. The molecule has 1 aromatic heterocycles. The molecule has 2 aromatic rings. The van der Waals surface area contributed by atoms with Gasteiger partial charge in [-0.25, -0.2) is 13.9 Å². The first kappa shape index (κ1) is 16.1. The molecule has 0 aliphatic heterocycles. The van der Waals surface area contributed by atoms with E-state index in [2.05, 4.69) is 5.10 Å². The zero-order valence-corrected chi connectivity index (χ0v) is 14.4. The molecule has 2 aliphatic carbocycles. The predicted octanol–water partition coefficient (Wildman–Crippen LogP) is 3.95. The van der Waals surface area contributed by atoms with E-state index in [9.17, 15) is 9.18 Å². The molecule has 2 bridgehead atoms. The number of aromatic nitrogens is 2. The topological polar surface area (TPSA) is 53.3 Å². The number of carbonyl (C=O) groups excluding carboxylic acids is 1. The molecule has 5 nitrogen and oxygen atoms in total. The van der Waals surface area contributed by atoms with Crippen molar-refractivity contribution in [2.75, 3.05) is 13.2 Å². The summed E-state index contributed by atoms with van der Waals surface area (Å²) in [7, 11) is 0. The van der Waals surface area contributed by atoms with Crippen LogP contribution in [0.2, 0.25) is 0 Å². The van der Waals surface area contributed by atoms with Gasteiger partial charge in [-0.1, -0.05) is 0 Å². The number of ether oxygens (including phenoxy) is 2. The summed E-state index contributed by atoms with van der Waals surface area (Å²) in [5, 5.41) is 4.57. The van der Waals surface area contributed by atoms with Crippen LogP contribution in [0.3, 0.4) is 0 Å². The van der Waals surface area contributed by atoms with Gasteiger partial charge in [-0.3, -0.25) is 0 Å². The lowest BCUT2D eigenvalue weighted by atomic mass is 9.95. The molecule has 132 valence electrons. The number of carbonyl (C=O) groups is 1. The molecule has 0 N–H and O–H groups in total. The number of hydrogen-bond acceptors (Lipinski definition) is 4. The highest BCUT2D eigenvalue weighted by Gasteiger charge is 2.44. The summed E-state index contributed by atoms with van der Waals surface area (Å²) in [4.78, 5) is 12.4. The summed E-state index contributed by atoms with van der Waals surface area (Å²) < 4.78 is 26.2. The van der Waals surface area contributed by atoms with Crippen molar-refractivity contribution in [1.29, 1.82) is 0 Å². The van der Waals surface area contributed by atoms with Gasteiger partial charge < -0.3 is 9.47 Å². The minimum Gasteiger partial charge on any atom is -0.492 e. The second-order valence-corrected chi connectivity index (χ2v) is 6.53. The van der Waals surface area contributed by atoms with Gasteiger partial charge in [-0.15, -0.1) is 0 Å². The maximum Gasteiger partial charge on any atom is 0.359 e. The van der Waals surface area contributed by atoms with E-state index in [1.54, 1.807) is 17.7 Å². The number of nitrogens with zero attached hydrogens (tertiary/aromatic N) is 2. The highest BCUT2D eigenvalue weighted by molar-refractivity contribution is 5.90.